The van der Waals surface area contributed by atoms with Crippen LogP contribution in [-0.4, -0.2) is 47.3 Å². The molecule has 0 saturated carbocycles. The zero-order valence-corrected chi connectivity index (χ0v) is 20.9. The molecule has 0 bridgehead atoms. The summed E-state index contributed by atoms with van der Waals surface area (Å²) in [5.41, 5.74) is 1.80. The van der Waals surface area contributed by atoms with Gasteiger partial charge in [-0.2, -0.15) is 4.98 Å². The number of amides is 1. The first-order valence-corrected chi connectivity index (χ1v) is 12.4. The number of carbonyl (C=O) groups excluding carboxylic acids is 1. The second-order valence-corrected chi connectivity index (χ2v) is 8.87. The van der Waals surface area contributed by atoms with Crippen LogP contribution in [0.4, 0.5) is 0 Å². The molecule has 1 N–H and O–H groups in total. The maximum Gasteiger partial charge on any atom is 0.241 e. The Morgan fingerprint density at radius 3 is 2.63 bits per heavy atom. The molecule has 0 atom stereocenters. The predicted octanol–water partition coefficient (Wildman–Crippen LogP) is 4.72. The van der Waals surface area contributed by atoms with Gasteiger partial charge in [0.2, 0.25) is 17.6 Å². The Morgan fingerprint density at radius 1 is 1.11 bits per heavy atom. The quantitative estimate of drug-likeness (QED) is 0.432. The van der Waals surface area contributed by atoms with E-state index in [2.05, 4.69) is 20.4 Å². The zero-order valence-electron chi connectivity index (χ0n) is 20.1. The predicted molar refractivity (Wildman–Crippen MR) is 133 cm³/mol. The lowest BCUT2D eigenvalue weighted by atomic mass is 9.96. The SMILES string of the molecule is CCOc1ccc(CNC(=O)C2CCN(Cc3nc(-c4cccc(Cl)c4)no3)CC2)cc1OCC. The van der Waals surface area contributed by atoms with Crippen molar-refractivity contribution in [1.82, 2.24) is 20.4 Å². The zero-order chi connectivity index (χ0) is 24.6. The van der Waals surface area contributed by atoms with Crippen molar-refractivity contribution >= 4 is 17.5 Å². The highest BCUT2D eigenvalue weighted by atomic mass is 35.5. The largest absolute Gasteiger partial charge is 0.490 e. The lowest BCUT2D eigenvalue weighted by Gasteiger charge is -2.30. The van der Waals surface area contributed by atoms with Crippen molar-refractivity contribution in [2.75, 3.05) is 26.3 Å². The van der Waals surface area contributed by atoms with E-state index < -0.39 is 0 Å². The average Bonchev–Trinajstić information content (AvgIpc) is 3.33. The van der Waals surface area contributed by atoms with E-state index in [0.29, 0.717) is 48.8 Å². The molecular weight excluding hydrogens is 468 g/mol. The number of nitrogens with zero attached hydrogens (tertiary/aromatic N) is 3. The van der Waals surface area contributed by atoms with Gasteiger partial charge in [0, 0.05) is 23.0 Å². The minimum atomic E-state index is -0.00924. The third kappa shape index (κ3) is 6.74. The van der Waals surface area contributed by atoms with Crippen molar-refractivity contribution < 1.29 is 18.8 Å². The molecule has 3 aromatic rings. The molecule has 1 amide bonds. The van der Waals surface area contributed by atoms with Crippen molar-refractivity contribution in [3.8, 4) is 22.9 Å². The van der Waals surface area contributed by atoms with E-state index in [9.17, 15) is 4.79 Å². The van der Waals surface area contributed by atoms with E-state index in [1.165, 1.54) is 0 Å². The van der Waals surface area contributed by atoms with Crippen LogP contribution < -0.4 is 14.8 Å². The summed E-state index contributed by atoms with van der Waals surface area (Å²) in [7, 11) is 0. The Labute approximate surface area is 210 Å². The molecule has 1 saturated heterocycles. The van der Waals surface area contributed by atoms with Crippen molar-refractivity contribution in [3.63, 3.8) is 0 Å². The van der Waals surface area contributed by atoms with Crippen LogP contribution in [0, 0.1) is 5.92 Å². The summed E-state index contributed by atoms with van der Waals surface area (Å²) < 4.78 is 16.7. The second kappa shape index (κ2) is 12.0. The smallest absolute Gasteiger partial charge is 0.241 e. The molecule has 0 radical (unpaired) electrons. The normalized spacial score (nSPS) is 14.6. The first-order chi connectivity index (χ1) is 17.1. The minimum absolute atomic E-state index is 0.00924. The standard InChI is InChI=1S/C26H31ClN4O4/c1-3-33-22-9-8-18(14-23(22)34-4-2)16-28-26(32)19-10-12-31(13-11-19)17-24-29-25(30-35-24)20-6-5-7-21(27)15-20/h5-9,14-15,19H,3-4,10-13,16-17H2,1-2H3,(H,28,32). The van der Waals surface area contributed by atoms with Gasteiger partial charge < -0.3 is 19.3 Å². The molecule has 1 aliphatic rings. The van der Waals surface area contributed by atoms with Crippen molar-refractivity contribution in [2.24, 2.45) is 5.92 Å². The lowest BCUT2D eigenvalue weighted by molar-refractivity contribution is -0.126. The van der Waals surface area contributed by atoms with E-state index in [4.69, 9.17) is 25.6 Å². The number of ether oxygens (including phenoxy) is 2. The third-order valence-corrected chi connectivity index (χ3v) is 6.18. The molecule has 9 heteroatoms. The highest BCUT2D eigenvalue weighted by Gasteiger charge is 2.26. The fourth-order valence-electron chi connectivity index (χ4n) is 4.15. The molecule has 2 heterocycles. The van der Waals surface area contributed by atoms with Crippen LogP contribution in [0.5, 0.6) is 11.5 Å². The molecule has 35 heavy (non-hydrogen) atoms. The number of likely N-dealkylation sites (tertiary alicyclic amines) is 1. The molecule has 0 spiro atoms. The first-order valence-electron chi connectivity index (χ1n) is 12.0. The van der Waals surface area contributed by atoms with Crippen LogP contribution in [0.2, 0.25) is 5.02 Å². The molecule has 1 aromatic heterocycles. The summed E-state index contributed by atoms with van der Waals surface area (Å²) >= 11 is 6.05. The monoisotopic (exact) mass is 498 g/mol. The summed E-state index contributed by atoms with van der Waals surface area (Å²) in [5.74, 6) is 2.58. The van der Waals surface area contributed by atoms with Gasteiger partial charge in [0.25, 0.3) is 0 Å². The van der Waals surface area contributed by atoms with Gasteiger partial charge in [-0.15, -0.1) is 0 Å². The van der Waals surface area contributed by atoms with Crippen LogP contribution in [-0.2, 0) is 17.9 Å². The number of nitrogens with one attached hydrogen (secondary N) is 1. The number of aromatic nitrogens is 2. The summed E-state index contributed by atoms with van der Waals surface area (Å²) in [4.78, 5) is 19.5. The van der Waals surface area contributed by atoms with E-state index in [1.54, 1.807) is 0 Å². The highest BCUT2D eigenvalue weighted by molar-refractivity contribution is 6.30. The fraction of sp³-hybridized carbons (Fsp3) is 0.423. The van der Waals surface area contributed by atoms with Crippen LogP contribution in [0.25, 0.3) is 11.4 Å². The summed E-state index contributed by atoms with van der Waals surface area (Å²) in [6, 6.07) is 13.2. The first kappa shape index (κ1) is 25.0. The maximum absolute atomic E-state index is 12.8. The van der Waals surface area contributed by atoms with Gasteiger partial charge in [-0.05, 0) is 69.6 Å². The Balaban J connectivity index is 1.25. The molecular formula is C26H31ClN4O4. The molecule has 8 nitrogen and oxygen atoms in total. The number of benzene rings is 2. The van der Waals surface area contributed by atoms with E-state index in [-0.39, 0.29) is 11.8 Å². The van der Waals surface area contributed by atoms with Crippen LogP contribution >= 0.6 is 11.6 Å². The Hall–Kier alpha value is -3.10. The van der Waals surface area contributed by atoms with E-state index in [1.807, 2.05) is 56.3 Å². The molecule has 1 fully saturated rings. The summed E-state index contributed by atoms with van der Waals surface area (Å²) in [6.45, 7) is 7.62. The van der Waals surface area contributed by atoms with Crippen LogP contribution in [0.15, 0.2) is 47.0 Å². The number of hydrogen-bond donors (Lipinski definition) is 1. The van der Waals surface area contributed by atoms with Gasteiger partial charge in [0.1, 0.15) is 0 Å². The molecule has 1 aliphatic heterocycles. The number of carbonyl (C=O) groups is 1. The number of hydrogen-bond acceptors (Lipinski definition) is 7. The van der Waals surface area contributed by atoms with Crippen LogP contribution in [0.1, 0.15) is 38.1 Å². The fourth-order valence-corrected chi connectivity index (χ4v) is 4.34. The van der Waals surface area contributed by atoms with Gasteiger partial charge in [0.05, 0.1) is 19.8 Å². The second-order valence-electron chi connectivity index (χ2n) is 8.44. The Kier molecular flexibility index (Phi) is 8.60. The van der Waals surface area contributed by atoms with E-state index >= 15 is 0 Å². The van der Waals surface area contributed by atoms with Gasteiger partial charge in [-0.3, -0.25) is 9.69 Å². The number of halogens is 1. The van der Waals surface area contributed by atoms with Crippen molar-refractivity contribution in [2.45, 2.75) is 39.8 Å². The minimum Gasteiger partial charge on any atom is -0.490 e. The Morgan fingerprint density at radius 2 is 1.89 bits per heavy atom. The Bertz CT molecular complexity index is 1130. The summed E-state index contributed by atoms with van der Waals surface area (Å²) in [5, 5.41) is 7.78. The van der Waals surface area contributed by atoms with Crippen molar-refractivity contribution in [3.05, 3.63) is 58.9 Å². The molecule has 4 rings (SSSR count). The molecule has 0 unspecified atom stereocenters. The molecule has 0 aliphatic carbocycles. The van der Waals surface area contributed by atoms with E-state index in [0.717, 1.165) is 42.8 Å². The number of piperidine rings is 1. The van der Waals surface area contributed by atoms with Crippen molar-refractivity contribution in [1.29, 1.82) is 0 Å². The third-order valence-electron chi connectivity index (χ3n) is 5.94. The van der Waals surface area contributed by atoms with Gasteiger partial charge in [-0.25, -0.2) is 0 Å². The van der Waals surface area contributed by atoms with Crippen LogP contribution in [0.3, 0.4) is 0 Å². The van der Waals surface area contributed by atoms with Gasteiger partial charge in [-0.1, -0.05) is 35.0 Å². The van der Waals surface area contributed by atoms with Gasteiger partial charge >= 0.3 is 0 Å². The molecule has 186 valence electrons. The topological polar surface area (TPSA) is 89.7 Å². The molecule has 2 aromatic carbocycles. The lowest BCUT2D eigenvalue weighted by Crippen LogP contribution is -2.40. The maximum atomic E-state index is 12.8. The van der Waals surface area contributed by atoms with Gasteiger partial charge in [0.15, 0.2) is 11.5 Å². The average molecular weight is 499 g/mol. The summed E-state index contributed by atoms with van der Waals surface area (Å²) in [6.07, 6.45) is 1.57. The highest BCUT2D eigenvalue weighted by Crippen LogP contribution is 2.29. The number of rotatable bonds is 10.